The molecule has 0 bridgehead atoms. The number of benzene rings is 1. The monoisotopic (exact) mass is 245 g/mol. The van der Waals surface area contributed by atoms with Gasteiger partial charge in [0.15, 0.2) is 0 Å². The number of nitrogens with zero attached hydrogens (tertiary/aromatic N) is 2. The molecule has 1 aromatic heterocycles. The second-order valence-corrected chi connectivity index (χ2v) is 4.30. The average Bonchev–Trinajstić information content (AvgIpc) is 2.39. The van der Waals surface area contributed by atoms with Gasteiger partial charge in [-0.1, -0.05) is 12.1 Å². The Labute approximate surface area is 106 Å². The van der Waals surface area contributed by atoms with E-state index in [1.807, 2.05) is 19.9 Å². The summed E-state index contributed by atoms with van der Waals surface area (Å²) < 4.78 is 13.1. The zero-order valence-corrected chi connectivity index (χ0v) is 10.5. The van der Waals surface area contributed by atoms with Gasteiger partial charge in [-0.2, -0.15) is 0 Å². The second-order valence-electron chi connectivity index (χ2n) is 4.30. The SMILES string of the molecule is CC(N[C@H](C)c1cccc(F)c1)c1cnccn1. The van der Waals surface area contributed by atoms with Gasteiger partial charge in [-0.25, -0.2) is 4.39 Å². The summed E-state index contributed by atoms with van der Waals surface area (Å²) in [6.45, 7) is 4.02. The maximum atomic E-state index is 13.1. The highest BCUT2D eigenvalue weighted by Crippen LogP contribution is 2.18. The number of nitrogens with one attached hydrogen (secondary N) is 1. The standard InChI is InChI=1S/C14H16FN3/c1-10(12-4-3-5-13(15)8-12)18-11(2)14-9-16-6-7-17-14/h3-11,18H,1-2H3/t10-,11?/m1/s1. The molecule has 1 unspecified atom stereocenters. The molecule has 0 aliphatic heterocycles. The van der Waals surface area contributed by atoms with E-state index >= 15 is 0 Å². The molecule has 2 atom stereocenters. The van der Waals surface area contributed by atoms with Gasteiger partial charge in [0.25, 0.3) is 0 Å². The molecule has 0 radical (unpaired) electrons. The minimum atomic E-state index is -0.215. The minimum Gasteiger partial charge on any atom is -0.302 e. The van der Waals surface area contributed by atoms with Crippen molar-refractivity contribution in [1.29, 1.82) is 0 Å². The molecule has 2 aromatic rings. The van der Waals surface area contributed by atoms with E-state index in [1.165, 1.54) is 6.07 Å². The zero-order chi connectivity index (χ0) is 13.0. The van der Waals surface area contributed by atoms with E-state index in [2.05, 4.69) is 15.3 Å². The molecule has 0 saturated carbocycles. The molecule has 0 fully saturated rings. The first-order valence-corrected chi connectivity index (χ1v) is 5.94. The lowest BCUT2D eigenvalue weighted by molar-refractivity contribution is 0.482. The van der Waals surface area contributed by atoms with Crippen molar-refractivity contribution in [3.8, 4) is 0 Å². The number of aromatic nitrogens is 2. The number of hydrogen-bond donors (Lipinski definition) is 1. The molecule has 1 heterocycles. The van der Waals surface area contributed by atoms with Gasteiger partial charge in [-0.05, 0) is 31.5 Å². The van der Waals surface area contributed by atoms with E-state index in [1.54, 1.807) is 30.7 Å². The van der Waals surface area contributed by atoms with Gasteiger partial charge >= 0.3 is 0 Å². The van der Waals surface area contributed by atoms with Crippen LogP contribution in [0.2, 0.25) is 0 Å². The van der Waals surface area contributed by atoms with Crippen molar-refractivity contribution >= 4 is 0 Å². The van der Waals surface area contributed by atoms with Gasteiger partial charge < -0.3 is 5.32 Å². The third-order valence-electron chi connectivity index (χ3n) is 2.88. The second kappa shape index (κ2) is 5.69. The molecule has 94 valence electrons. The molecular weight excluding hydrogens is 229 g/mol. The molecule has 0 spiro atoms. The van der Waals surface area contributed by atoms with Crippen LogP contribution in [0.25, 0.3) is 0 Å². The Hall–Kier alpha value is -1.81. The minimum absolute atomic E-state index is 0.0534. The zero-order valence-electron chi connectivity index (χ0n) is 10.5. The Morgan fingerprint density at radius 3 is 2.67 bits per heavy atom. The quantitative estimate of drug-likeness (QED) is 0.899. The molecule has 2 rings (SSSR count). The molecule has 1 N–H and O–H groups in total. The first kappa shape index (κ1) is 12.6. The van der Waals surface area contributed by atoms with Gasteiger partial charge in [-0.15, -0.1) is 0 Å². The first-order chi connectivity index (χ1) is 8.66. The van der Waals surface area contributed by atoms with Crippen LogP contribution in [0.15, 0.2) is 42.9 Å². The van der Waals surface area contributed by atoms with Gasteiger partial charge in [0.05, 0.1) is 5.69 Å². The Morgan fingerprint density at radius 1 is 1.17 bits per heavy atom. The highest BCUT2D eigenvalue weighted by molar-refractivity contribution is 5.20. The molecule has 1 aromatic carbocycles. The topological polar surface area (TPSA) is 37.8 Å². The van der Waals surface area contributed by atoms with Gasteiger partial charge in [-0.3, -0.25) is 9.97 Å². The van der Waals surface area contributed by atoms with Crippen molar-refractivity contribution in [2.45, 2.75) is 25.9 Å². The van der Waals surface area contributed by atoms with Crippen molar-refractivity contribution in [2.24, 2.45) is 0 Å². The van der Waals surface area contributed by atoms with Gasteiger partial charge in [0.1, 0.15) is 5.82 Å². The molecule has 0 aliphatic carbocycles. The third-order valence-corrected chi connectivity index (χ3v) is 2.88. The highest BCUT2D eigenvalue weighted by Gasteiger charge is 2.12. The van der Waals surface area contributed by atoms with Crippen LogP contribution in [0.3, 0.4) is 0 Å². The molecule has 0 aliphatic rings. The fraction of sp³-hybridized carbons (Fsp3) is 0.286. The first-order valence-electron chi connectivity index (χ1n) is 5.94. The van der Waals surface area contributed by atoms with Crippen molar-refractivity contribution in [3.05, 3.63) is 59.9 Å². The highest BCUT2D eigenvalue weighted by atomic mass is 19.1. The summed E-state index contributed by atoms with van der Waals surface area (Å²) in [4.78, 5) is 8.28. The van der Waals surface area contributed by atoms with Crippen molar-refractivity contribution in [1.82, 2.24) is 15.3 Å². The largest absolute Gasteiger partial charge is 0.302 e. The lowest BCUT2D eigenvalue weighted by atomic mass is 10.1. The van der Waals surface area contributed by atoms with Crippen LogP contribution in [0, 0.1) is 5.82 Å². The number of hydrogen-bond acceptors (Lipinski definition) is 3. The van der Waals surface area contributed by atoms with Crippen LogP contribution >= 0.6 is 0 Å². The third kappa shape index (κ3) is 3.11. The van der Waals surface area contributed by atoms with Crippen LogP contribution in [-0.4, -0.2) is 9.97 Å². The van der Waals surface area contributed by atoms with Crippen LogP contribution in [-0.2, 0) is 0 Å². The fourth-order valence-corrected chi connectivity index (χ4v) is 1.87. The molecule has 0 saturated heterocycles. The van der Waals surface area contributed by atoms with E-state index in [0.717, 1.165) is 11.3 Å². The Kier molecular flexibility index (Phi) is 3.99. The average molecular weight is 245 g/mol. The van der Waals surface area contributed by atoms with E-state index in [4.69, 9.17) is 0 Å². The van der Waals surface area contributed by atoms with Gasteiger partial charge in [0.2, 0.25) is 0 Å². The van der Waals surface area contributed by atoms with Crippen LogP contribution in [0.4, 0.5) is 4.39 Å². The van der Waals surface area contributed by atoms with Crippen LogP contribution in [0.5, 0.6) is 0 Å². The number of rotatable bonds is 4. The molecular formula is C14H16FN3. The summed E-state index contributed by atoms with van der Waals surface area (Å²) in [6, 6.07) is 6.73. The lowest BCUT2D eigenvalue weighted by Gasteiger charge is -2.19. The van der Waals surface area contributed by atoms with Crippen molar-refractivity contribution in [2.75, 3.05) is 0 Å². The van der Waals surface area contributed by atoms with Crippen molar-refractivity contribution < 1.29 is 4.39 Å². The van der Waals surface area contributed by atoms with E-state index < -0.39 is 0 Å². The Morgan fingerprint density at radius 2 is 2.00 bits per heavy atom. The smallest absolute Gasteiger partial charge is 0.123 e. The van der Waals surface area contributed by atoms with Crippen molar-refractivity contribution in [3.63, 3.8) is 0 Å². The normalized spacial score (nSPS) is 14.2. The van der Waals surface area contributed by atoms with Crippen LogP contribution < -0.4 is 5.32 Å². The summed E-state index contributed by atoms with van der Waals surface area (Å²) in [7, 11) is 0. The summed E-state index contributed by atoms with van der Waals surface area (Å²) in [5, 5.41) is 3.37. The predicted octanol–water partition coefficient (Wildman–Crippen LogP) is 3.03. The predicted molar refractivity (Wildman–Crippen MR) is 68.4 cm³/mol. The summed E-state index contributed by atoms with van der Waals surface area (Å²) in [5.41, 5.74) is 1.80. The number of halogens is 1. The lowest BCUT2D eigenvalue weighted by Crippen LogP contribution is -2.23. The molecule has 4 heteroatoms. The summed E-state index contributed by atoms with van der Waals surface area (Å²) in [6.07, 6.45) is 5.04. The van der Waals surface area contributed by atoms with E-state index in [0.29, 0.717) is 0 Å². The fourth-order valence-electron chi connectivity index (χ4n) is 1.87. The Balaban J connectivity index is 2.05. The summed E-state index contributed by atoms with van der Waals surface area (Å²) >= 11 is 0. The van der Waals surface area contributed by atoms with Crippen LogP contribution in [0.1, 0.15) is 37.2 Å². The maximum absolute atomic E-state index is 13.1. The molecule has 18 heavy (non-hydrogen) atoms. The molecule has 0 amide bonds. The summed E-state index contributed by atoms with van der Waals surface area (Å²) in [5.74, 6) is -0.215. The Bertz CT molecular complexity index is 501. The molecule has 3 nitrogen and oxygen atoms in total. The van der Waals surface area contributed by atoms with Gasteiger partial charge in [0, 0.05) is 30.7 Å². The maximum Gasteiger partial charge on any atom is 0.123 e. The van der Waals surface area contributed by atoms with E-state index in [9.17, 15) is 4.39 Å². The van der Waals surface area contributed by atoms with E-state index in [-0.39, 0.29) is 17.9 Å².